The predicted octanol–water partition coefficient (Wildman–Crippen LogP) is 21.2. The minimum absolute atomic E-state index is 0.0152. The number of amides is 1. The number of carbonyl (C=O) groups is 2. The Labute approximate surface area is 457 Å². The topological polar surface area (TPSA) is 95.9 Å². The Morgan fingerprint density at radius 3 is 0.973 bits per heavy atom. The van der Waals surface area contributed by atoms with Crippen LogP contribution in [0.4, 0.5) is 0 Å². The summed E-state index contributed by atoms with van der Waals surface area (Å²) in [4.78, 5) is 24.6. The van der Waals surface area contributed by atoms with E-state index in [-0.39, 0.29) is 18.5 Å². The molecule has 0 aliphatic carbocycles. The maximum absolute atomic E-state index is 12.5. The van der Waals surface area contributed by atoms with Crippen molar-refractivity contribution >= 4 is 11.9 Å². The number of esters is 1. The van der Waals surface area contributed by atoms with Crippen LogP contribution in [-0.2, 0) is 14.3 Å². The highest BCUT2D eigenvalue weighted by molar-refractivity contribution is 5.76. The van der Waals surface area contributed by atoms with Crippen molar-refractivity contribution in [1.29, 1.82) is 0 Å². The number of allylic oxidation sites excluding steroid dienone is 2. The molecule has 0 spiro atoms. The number of nitrogens with one attached hydrogen (secondary N) is 1. The quantitative estimate of drug-likeness (QED) is 0.0320. The lowest BCUT2D eigenvalue weighted by Crippen LogP contribution is -2.45. The fourth-order valence-corrected chi connectivity index (χ4v) is 10.7. The number of hydrogen-bond donors (Lipinski definition) is 3. The van der Waals surface area contributed by atoms with E-state index in [1.165, 1.54) is 302 Å². The SMILES string of the molecule is CCCCCCCCC/C=C\CCCCCCCCCC(=O)OCCCCCCCCCCCCCCCCCCCCCCCCCCCCC(=O)NC(CO)C(O)CCCCCCCCCCCCCC. The van der Waals surface area contributed by atoms with Crippen molar-refractivity contribution in [2.75, 3.05) is 13.2 Å². The minimum Gasteiger partial charge on any atom is -0.466 e. The molecule has 0 aromatic rings. The molecule has 0 aromatic heterocycles. The molecule has 0 fully saturated rings. The summed E-state index contributed by atoms with van der Waals surface area (Å²) in [6.07, 6.45) is 76.8. The maximum Gasteiger partial charge on any atom is 0.305 e. The summed E-state index contributed by atoms with van der Waals surface area (Å²) in [5.74, 6) is -0.0160. The molecule has 3 N–H and O–H groups in total. The molecule has 434 valence electrons. The van der Waals surface area contributed by atoms with Gasteiger partial charge in [0.25, 0.3) is 0 Å². The van der Waals surface area contributed by atoms with Gasteiger partial charge in [0.1, 0.15) is 0 Å². The Morgan fingerprint density at radius 1 is 0.370 bits per heavy atom. The highest BCUT2D eigenvalue weighted by Crippen LogP contribution is 2.19. The van der Waals surface area contributed by atoms with Crippen LogP contribution in [0.15, 0.2) is 12.2 Å². The van der Waals surface area contributed by atoms with Gasteiger partial charge in [-0.15, -0.1) is 0 Å². The number of aliphatic hydroxyl groups excluding tert-OH is 2. The molecule has 2 atom stereocenters. The van der Waals surface area contributed by atoms with E-state index in [0.717, 1.165) is 44.9 Å². The van der Waals surface area contributed by atoms with Gasteiger partial charge < -0.3 is 20.3 Å². The number of hydrogen-bond acceptors (Lipinski definition) is 5. The normalized spacial score (nSPS) is 12.5. The molecule has 2 unspecified atom stereocenters. The fourth-order valence-electron chi connectivity index (χ4n) is 10.7. The third-order valence-electron chi connectivity index (χ3n) is 15.8. The molecule has 0 radical (unpaired) electrons. The summed E-state index contributed by atoms with van der Waals surface area (Å²) in [5.41, 5.74) is 0. The first-order valence-electron chi connectivity index (χ1n) is 33.4. The largest absolute Gasteiger partial charge is 0.466 e. The molecule has 6 heteroatoms. The van der Waals surface area contributed by atoms with Crippen molar-refractivity contribution in [3.05, 3.63) is 12.2 Å². The van der Waals surface area contributed by atoms with Crippen molar-refractivity contribution in [3.63, 3.8) is 0 Å². The lowest BCUT2D eigenvalue weighted by molar-refractivity contribution is -0.143. The first kappa shape index (κ1) is 71.6. The Balaban J connectivity index is 3.32. The number of rotatable bonds is 63. The molecule has 0 saturated heterocycles. The van der Waals surface area contributed by atoms with Crippen LogP contribution in [0.5, 0.6) is 0 Å². The van der Waals surface area contributed by atoms with Crippen LogP contribution < -0.4 is 5.32 Å². The average Bonchev–Trinajstić information content (AvgIpc) is 3.39. The third-order valence-corrected chi connectivity index (χ3v) is 15.8. The summed E-state index contributed by atoms with van der Waals surface area (Å²) >= 11 is 0. The van der Waals surface area contributed by atoms with Crippen LogP contribution in [0.25, 0.3) is 0 Å². The molecule has 73 heavy (non-hydrogen) atoms. The smallest absolute Gasteiger partial charge is 0.305 e. The van der Waals surface area contributed by atoms with Gasteiger partial charge in [-0.2, -0.15) is 0 Å². The maximum atomic E-state index is 12.5. The molecule has 6 nitrogen and oxygen atoms in total. The van der Waals surface area contributed by atoms with Gasteiger partial charge in [0, 0.05) is 12.8 Å². The average molecular weight is 1030 g/mol. The summed E-state index contributed by atoms with van der Waals surface area (Å²) in [6, 6.07) is -0.538. The van der Waals surface area contributed by atoms with Gasteiger partial charge in [0.15, 0.2) is 0 Å². The van der Waals surface area contributed by atoms with Crippen molar-refractivity contribution in [1.82, 2.24) is 5.32 Å². The molecule has 0 bridgehead atoms. The zero-order valence-corrected chi connectivity index (χ0v) is 49.6. The molecule has 0 rings (SSSR count). The zero-order valence-electron chi connectivity index (χ0n) is 49.6. The fraction of sp³-hybridized carbons (Fsp3) is 0.940. The molecule has 0 aliphatic heterocycles. The van der Waals surface area contributed by atoms with E-state index in [4.69, 9.17) is 4.74 Å². The van der Waals surface area contributed by atoms with E-state index in [2.05, 4.69) is 31.3 Å². The Bertz CT molecular complexity index is 1100. The van der Waals surface area contributed by atoms with E-state index >= 15 is 0 Å². The van der Waals surface area contributed by atoms with Crippen molar-refractivity contribution in [2.24, 2.45) is 0 Å². The summed E-state index contributed by atoms with van der Waals surface area (Å²) in [7, 11) is 0. The van der Waals surface area contributed by atoms with E-state index in [0.29, 0.717) is 25.9 Å². The third kappa shape index (κ3) is 59.7. The van der Waals surface area contributed by atoms with Gasteiger partial charge in [0.2, 0.25) is 5.91 Å². The zero-order chi connectivity index (χ0) is 52.9. The van der Waals surface area contributed by atoms with Crippen molar-refractivity contribution in [2.45, 2.75) is 392 Å². The highest BCUT2D eigenvalue weighted by atomic mass is 16.5. The van der Waals surface area contributed by atoms with Crippen LogP contribution in [0, 0.1) is 0 Å². The number of ether oxygens (including phenoxy) is 1. The lowest BCUT2D eigenvalue weighted by Gasteiger charge is -2.22. The molecule has 1 amide bonds. The second kappa shape index (κ2) is 63.1. The molecular formula is C67H131NO5. The van der Waals surface area contributed by atoms with Gasteiger partial charge in [-0.1, -0.05) is 328 Å². The first-order valence-corrected chi connectivity index (χ1v) is 33.4. The monoisotopic (exact) mass is 1030 g/mol. The Hall–Kier alpha value is -1.40. The van der Waals surface area contributed by atoms with E-state index in [9.17, 15) is 19.8 Å². The van der Waals surface area contributed by atoms with Crippen LogP contribution in [0.3, 0.4) is 0 Å². The van der Waals surface area contributed by atoms with Crippen LogP contribution in [-0.4, -0.2) is 47.4 Å². The second-order valence-electron chi connectivity index (χ2n) is 23.2. The molecule has 0 aromatic carbocycles. The molecule has 0 saturated carbocycles. The molecule has 0 heterocycles. The van der Waals surface area contributed by atoms with Crippen molar-refractivity contribution < 1.29 is 24.5 Å². The lowest BCUT2D eigenvalue weighted by atomic mass is 10.0. The molecule has 0 aliphatic rings. The van der Waals surface area contributed by atoms with E-state index < -0.39 is 12.1 Å². The Kier molecular flexibility index (Phi) is 61.9. The van der Waals surface area contributed by atoms with Crippen molar-refractivity contribution in [3.8, 4) is 0 Å². The predicted molar refractivity (Wildman–Crippen MR) is 320 cm³/mol. The molecular weight excluding hydrogens is 899 g/mol. The van der Waals surface area contributed by atoms with Gasteiger partial charge in [-0.3, -0.25) is 9.59 Å². The van der Waals surface area contributed by atoms with Crippen LogP contribution >= 0.6 is 0 Å². The summed E-state index contributed by atoms with van der Waals surface area (Å²) < 4.78 is 5.50. The first-order chi connectivity index (χ1) is 36.0. The van der Waals surface area contributed by atoms with E-state index in [1.807, 2.05) is 0 Å². The van der Waals surface area contributed by atoms with Gasteiger partial charge in [-0.05, 0) is 51.4 Å². The standard InChI is InChI=1S/C67H131NO5/c1-3-5-7-9-11-13-15-17-18-19-31-34-37-41-45-49-53-57-61-67(72)73-62-58-54-50-46-42-38-35-32-29-27-25-23-21-20-22-24-26-28-30-33-36-40-44-48-52-56-60-66(71)68-64(63-69)65(70)59-55-51-47-43-39-16-14-12-10-8-6-4-2/h18-19,64-65,69-70H,3-17,20-63H2,1-2H3,(H,68,71)/b19-18-. The minimum atomic E-state index is -0.661. The Morgan fingerprint density at radius 2 is 0.644 bits per heavy atom. The summed E-state index contributed by atoms with van der Waals surface area (Å²) in [6.45, 7) is 4.97. The number of aliphatic hydroxyl groups is 2. The number of carbonyl (C=O) groups excluding carboxylic acids is 2. The van der Waals surface area contributed by atoms with Gasteiger partial charge in [0.05, 0.1) is 25.4 Å². The second-order valence-corrected chi connectivity index (χ2v) is 23.2. The van der Waals surface area contributed by atoms with E-state index in [1.54, 1.807) is 0 Å². The highest BCUT2D eigenvalue weighted by Gasteiger charge is 2.20. The van der Waals surface area contributed by atoms with Gasteiger partial charge in [-0.25, -0.2) is 0 Å². The van der Waals surface area contributed by atoms with Gasteiger partial charge >= 0.3 is 5.97 Å². The number of unbranched alkanes of at least 4 members (excludes halogenated alkanes) is 50. The van der Waals surface area contributed by atoms with Crippen LogP contribution in [0.1, 0.15) is 380 Å². The summed E-state index contributed by atoms with van der Waals surface area (Å²) in [5, 5.41) is 23.2. The van der Waals surface area contributed by atoms with Crippen LogP contribution in [0.2, 0.25) is 0 Å².